The minimum Gasteiger partial charge on any atom is -0.394 e. The Morgan fingerprint density at radius 3 is 2.94 bits per heavy atom. The summed E-state index contributed by atoms with van der Waals surface area (Å²) in [6.07, 6.45) is 2.26. The van der Waals surface area contributed by atoms with Gasteiger partial charge in [0.2, 0.25) is 0 Å². The van der Waals surface area contributed by atoms with Crippen molar-refractivity contribution in [3.8, 4) is 0 Å². The van der Waals surface area contributed by atoms with Crippen molar-refractivity contribution in [2.24, 2.45) is 5.73 Å². The van der Waals surface area contributed by atoms with Crippen molar-refractivity contribution in [3.63, 3.8) is 0 Å². The van der Waals surface area contributed by atoms with Crippen LogP contribution >= 0.6 is 0 Å². The third kappa shape index (κ3) is 2.06. The molecule has 0 spiro atoms. The summed E-state index contributed by atoms with van der Waals surface area (Å²) in [6, 6.07) is 6.68. The maximum Gasteiger partial charge on any atom is 0.0635 e. The molecule has 1 aliphatic heterocycles. The highest BCUT2D eigenvalue weighted by molar-refractivity contribution is 5.52. The van der Waals surface area contributed by atoms with Gasteiger partial charge in [-0.25, -0.2) is 0 Å². The third-order valence-electron chi connectivity index (χ3n) is 3.47. The van der Waals surface area contributed by atoms with Crippen LogP contribution in [0.4, 0.5) is 5.69 Å². The van der Waals surface area contributed by atoms with E-state index in [1.807, 2.05) is 0 Å². The Kier molecular flexibility index (Phi) is 3.46. The standard InChI is InChI=1S/C13H20N2O/c1-10-7-12(5-4-11(10)8-14)15-6-2-3-13(15)9-16/h4-5,7,13,16H,2-3,6,8-9,14H2,1H3. The first-order valence-electron chi connectivity index (χ1n) is 5.93. The molecule has 1 saturated heterocycles. The van der Waals surface area contributed by atoms with Gasteiger partial charge in [0.15, 0.2) is 0 Å². The molecule has 3 N–H and O–H groups in total. The van der Waals surface area contributed by atoms with Gasteiger partial charge in [-0.3, -0.25) is 0 Å². The number of rotatable bonds is 3. The largest absolute Gasteiger partial charge is 0.394 e. The number of aliphatic hydroxyl groups is 1. The van der Waals surface area contributed by atoms with E-state index < -0.39 is 0 Å². The first-order valence-corrected chi connectivity index (χ1v) is 5.93. The second-order valence-corrected chi connectivity index (χ2v) is 4.49. The summed E-state index contributed by atoms with van der Waals surface area (Å²) in [4.78, 5) is 2.30. The maximum absolute atomic E-state index is 9.31. The van der Waals surface area contributed by atoms with E-state index in [1.165, 1.54) is 23.2 Å². The van der Waals surface area contributed by atoms with Gasteiger partial charge in [-0.15, -0.1) is 0 Å². The van der Waals surface area contributed by atoms with Crippen molar-refractivity contribution < 1.29 is 5.11 Å². The summed E-state index contributed by atoms with van der Waals surface area (Å²) in [5.74, 6) is 0. The number of aliphatic hydroxyl groups excluding tert-OH is 1. The molecule has 1 unspecified atom stereocenters. The first kappa shape index (κ1) is 11.4. The highest BCUT2D eigenvalue weighted by Gasteiger charge is 2.23. The smallest absolute Gasteiger partial charge is 0.0635 e. The second kappa shape index (κ2) is 4.85. The van der Waals surface area contributed by atoms with Gasteiger partial charge in [-0.2, -0.15) is 0 Å². The molecule has 3 nitrogen and oxygen atoms in total. The van der Waals surface area contributed by atoms with Crippen molar-refractivity contribution >= 4 is 5.69 Å². The molecule has 1 aliphatic rings. The molecule has 1 atom stereocenters. The summed E-state index contributed by atoms with van der Waals surface area (Å²) in [5, 5.41) is 9.31. The Hall–Kier alpha value is -1.06. The molecular weight excluding hydrogens is 200 g/mol. The molecule has 0 amide bonds. The highest BCUT2D eigenvalue weighted by Crippen LogP contribution is 2.26. The van der Waals surface area contributed by atoms with E-state index in [9.17, 15) is 5.11 Å². The molecule has 0 radical (unpaired) electrons. The molecular formula is C13H20N2O. The fourth-order valence-electron chi connectivity index (χ4n) is 2.45. The molecule has 3 heteroatoms. The van der Waals surface area contributed by atoms with Gasteiger partial charge in [0, 0.05) is 18.8 Å². The number of hydrogen-bond acceptors (Lipinski definition) is 3. The zero-order valence-electron chi connectivity index (χ0n) is 9.82. The van der Waals surface area contributed by atoms with Crippen LogP contribution in [0.2, 0.25) is 0 Å². The fraction of sp³-hybridized carbons (Fsp3) is 0.538. The molecule has 0 bridgehead atoms. The van der Waals surface area contributed by atoms with Gasteiger partial charge in [0.1, 0.15) is 0 Å². The van der Waals surface area contributed by atoms with Crippen molar-refractivity contribution in [1.29, 1.82) is 0 Å². The molecule has 0 aliphatic carbocycles. The van der Waals surface area contributed by atoms with Crippen LogP contribution in [-0.2, 0) is 6.54 Å². The fourth-order valence-corrected chi connectivity index (χ4v) is 2.45. The second-order valence-electron chi connectivity index (χ2n) is 4.49. The van der Waals surface area contributed by atoms with Crippen LogP contribution in [0.3, 0.4) is 0 Å². The molecule has 2 rings (SSSR count). The number of anilines is 1. The topological polar surface area (TPSA) is 49.5 Å². The van der Waals surface area contributed by atoms with Crippen molar-refractivity contribution in [2.45, 2.75) is 32.4 Å². The van der Waals surface area contributed by atoms with Crippen LogP contribution in [0.5, 0.6) is 0 Å². The number of nitrogens with two attached hydrogens (primary N) is 1. The predicted molar refractivity (Wildman–Crippen MR) is 66.5 cm³/mol. The van der Waals surface area contributed by atoms with Crippen LogP contribution in [-0.4, -0.2) is 24.3 Å². The Bertz CT molecular complexity index is 365. The molecule has 0 aromatic heterocycles. The van der Waals surface area contributed by atoms with E-state index in [0.717, 1.165) is 13.0 Å². The lowest BCUT2D eigenvalue weighted by atomic mass is 10.1. The normalized spacial score (nSPS) is 20.4. The molecule has 1 fully saturated rings. The quantitative estimate of drug-likeness (QED) is 0.810. The van der Waals surface area contributed by atoms with E-state index in [0.29, 0.717) is 12.6 Å². The Labute approximate surface area is 96.9 Å². The molecule has 1 aromatic carbocycles. The summed E-state index contributed by atoms with van der Waals surface area (Å²) < 4.78 is 0. The molecule has 1 heterocycles. The van der Waals surface area contributed by atoms with E-state index in [-0.39, 0.29) is 6.61 Å². The highest BCUT2D eigenvalue weighted by atomic mass is 16.3. The zero-order chi connectivity index (χ0) is 11.5. The number of nitrogens with zero attached hydrogens (tertiary/aromatic N) is 1. The lowest BCUT2D eigenvalue weighted by Gasteiger charge is -2.26. The first-order chi connectivity index (χ1) is 7.76. The SMILES string of the molecule is Cc1cc(N2CCCC2CO)ccc1CN. The molecule has 16 heavy (non-hydrogen) atoms. The Morgan fingerprint density at radius 1 is 1.50 bits per heavy atom. The van der Waals surface area contributed by atoms with Crippen LogP contribution in [0.15, 0.2) is 18.2 Å². The van der Waals surface area contributed by atoms with E-state index >= 15 is 0 Å². The lowest BCUT2D eigenvalue weighted by Crippen LogP contribution is -2.32. The van der Waals surface area contributed by atoms with Gasteiger partial charge >= 0.3 is 0 Å². The summed E-state index contributed by atoms with van der Waals surface area (Å²) >= 11 is 0. The van der Waals surface area contributed by atoms with E-state index in [4.69, 9.17) is 5.73 Å². The van der Waals surface area contributed by atoms with Crippen LogP contribution in [0.1, 0.15) is 24.0 Å². The van der Waals surface area contributed by atoms with Gasteiger partial charge in [0.25, 0.3) is 0 Å². The molecule has 0 saturated carbocycles. The lowest BCUT2D eigenvalue weighted by molar-refractivity contribution is 0.266. The van der Waals surface area contributed by atoms with Crippen molar-refractivity contribution in [3.05, 3.63) is 29.3 Å². The Balaban J connectivity index is 2.23. The summed E-state index contributed by atoms with van der Waals surface area (Å²) in [5.41, 5.74) is 9.31. The third-order valence-corrected chi connectivity index (χ3v) is 3.47. The average molecular weight is 220 g/mol. The minimum atomic E-state index is 0.248. The predicted octanol–water partition coefficient (Wildman–Crippen LogP) is 1.41. The molecule has 1 aromatic rings. The summed E-state index contributed by atoms with van der Waals surface area (Å²) in [7, 11) is 0. The zero-order valence-corrected chi connectivity index (χ0v) is 9.82. The number of benzene rings is 1. The summed E-state index contributed by atoms with van der Waals surface area (Å²) in [6.45, 7) is 3.98. The maximum atomic E-state index is 9.31. The minimum absolute atomic E-state index is 0.248. The van der Waals surface area contributed by atoms with Crippen molar-refractivity contribution in [1.82, 2.24) is 0 Å². The number of aryl methyl sites for hydroxylation is 1. The van der Waals surface area contributed by atoms with Crippen molar-refractivity contribution in [2.75, 3.05) is 18.1 Å². The van der Waals surface area contributed by atoms with Crippen LogP contribution in [0, 0.1) is 6.92 Å². The van der Waals surface area contributed by atoms with Gasteiger partial charge in [0.05, 0.1) is 12.6 Å². The van der Waals surface area contributed by atoms with E-state index in [1.54, 1.807) is 0 Å². The Morgan fingerprint density at radius 2 is 2.31 bits per heavy atom. The van der Waals surface area contributed by atoms with Crippen LogP contribution < -0.4 is 10.6 Å². The molecule has 88 valence electrons. The average Bonchev–Trinajstić information content (AvgIpc) is 2.77. The van der Waals surface area contributed by atoms with Gasteiger partial charge in [-0.1, -0.05) is 6.07 Å². The monoisotopic (exact) mass is 220 g/mol. The number of hydrogen-bond donors (Lipinski definition) is 2. The van der Waals surface area contributed by atoms with E-state index in [2.05, 4.69) is 30.0 Å². The van der Waals surface area contributed by atoms with Gasteiger partial charge in [-0.05, 0) is 43.0 Å². The van der Waals surface area contributed by atoms with Crippen LogP contribution in [0.25, 0.3) is 0 Å². The van der Waals surface area contributed by atoms with Gasteiger partial charge < -0.3 is 15.7 Å².